The standard InChI is InChI=1S/C19H21ClN2O3/c1-3-12-21-19(24)16-6-4-5-7-17(16)22-18(23)13(2)25-15-10-8-14(20)9-11-15/h4-11,13H,3,12H2,1-2H3,(H,21,24)(H,22,23)/t13-/m1/s1. The van der Waals surface area contributed by atoms with E-state index in [-0.39, 0.29) is 11.8 Å². The maximum atomic E-state index is 12.4. The number of amides is 2. The SMILES string of the molecule is CCCNC(=O)c1ccccc1NC(=O)[C@@H](C)Oc1ccc(Cl)cc1. The molecular formula is C19H21ClN2O3. The van der Waals surface area contributed by atoms with Crippen LogP contribution in [0.4, 0.5) is 5.69 Å². The largest absolute Gasteiger partial charge is 0.481 e. The lowest BCUT2D eigenvalue weighted by Crippen LogP contribution is -2.31. The van der Waals surface area contributed by atoms with Crippen molar-refractivity contribution in [3.05, 3.63) is 59.1 Å². The molecule has 0 aliphatic heterocycles. The molecule has 5 nitrogen and oxygen atoms in total. The monoisotopic (exact) mass is 360 g/mol. The van der Waals surface area contributed by atoms with Gasteiger partial charge in [-0.15, -0.1) is 0 Å². The first-order valence-corrected chi connectivity index (χ1v) is 8.49. The third kappa shape index (κ3) is 5.50. The number of carbonyl (C=O) groups excluding carboxylic acids is 2. The maximum Gasteiger partial charge on any atom is 0.265 e. The van der Waals surface area contributed by atoms with Crippen molar-refractivity contribution in [2.45, 2.75) is 26.4 Å². The van der Waals surface area contributed by atoms with Crippen LogP contribution < -0.4 is 15.4 Å². The predicted octanol–water partition coefficient (Wildman–Crippen LogP) is 3.89. The molecule has 0 aliphatic rings. The van der Waals surface area contributed by atoms with Gasteiger partial charge in [0.1, 0.15) is 5.75 Å². The first kappa shape index (κ1) is 18.8. The second-order valence-corrected chi connectivity index (χ2v) is 5.94. The summed E-state index contributed by atoms with van der Waals surface area (Å²) in [6.45, 7) is 4.20. The van der Waals surface area contributed by atoms with E-state index in [1.807, 2.05) is 6.92 Å². The lowest BCUT2D eigenvalue weighted by Gasteiger charge is -2.16. The Balaban J connectivity index is 2.04. The number of rotatable bonds is 7. The van der Waals surface area contributed by atoms with E-state index in [9.17, 15) is 9.59 Å². The molecule has 0 aliphatic carbocycles. The molecule has 0 heterocycles. The minimum Gasteiger partial charge on any atom is -0.481 e. The molecule has 2 amide bonds. The fraction of sp³-hybridized carbons (Fsp3) is 0.263. The first-order chi connectivity index (χ1) is 12.0. The zero-order valence-electron chi connectivity index (χ0n) is 14.2. The van der Waals surface area contributed by atoms with Crippen LogP contribution in [-0.4, -0.2) is 24.5 Å². The predicted molar refractivity (Wildman–Crippen MR) is 99.2 cm³/mol. The molecule has 0 unspecified atom stereocenters. The van der Waals surface area contributed by atoms with Crippen molar-refractivity contribution in [1.29, 1.82) is 0 Å². The molecule has 2 N–H and O–H groups in total. The minimum absolute atomic E-state index is 0.218. The molecule has 0 bridgehead atoms. The molecule has 0 fully saturated rings. The third-order valence-electron chi connectivity index (χ3n) is 3.46. The van der Waals surface area contributed by atoms with Crippen LogP contribution in [0.5, 0.6) is 5.75 Å². The summed E-state index contributed by atoms with van der Waals surface area (Å²) in [4.78, 5) is 24.6. The summed E-state index contributed by atoms with van der Waals surface area (Å²) in [7, 11) is 0. The molecule has 0 saturated heterocycles. The van der Waals surface area contributed by atoms with Gasteiger partial charge < -0.3 is 15.4 Å². The van der Waals surface area contributed by atoms with Gasteiger partial charge in [-0.2, -0.15) is 0 Å². The number of ether oxygens (including phenoxy) is 1. The van der Waals surface area contributed by atoms with E-state index >= 15 is 0 Å². The van der Waals surface area contributed by atoms with Crippen LogP contribution in [0.2, 0.25) is 5.02 Å². The van der Waals surface area contributed by atoms with Crippen LogP contribution in [0, 0.1) is 0 Å². The van der Waals surface area contributed by atoms with Gasteiger partial charge in [-0.1, -0.05) is 30.7 Å². The molecule has 0 saturated carbocycles. The van der Waals surface area contributed by atoms with Crippen LogP contribution in [0.25, 0.3) is 0 Å². The van der Waals surface area contributed by atoms with Gasteiger partial charge in [0, 0.05) is 11.6 Å². The van der Waals surface area contributed by atoms with Crippen molar-refractivity contribution < 1.29 is 14.3 Å². The number of nitrogens with one attached hydrogen (secondary N) is 2. The highest BCUT2D eigenvalue weighted by atomic mass is 35.5. The van der Waals surface area contributed by atoms with Crippen LogP contribution >= 0.6 is 11.6 Å². The average Bonchev–Trinajstić information content (AvgIpc) is 2.62. The summed E-state index contributed by atoms with van der Waals surface area (Å²) in [6, 6.07) is 13.6. The number of hydrogen-bond acceptors (Lipinski definition) is 3. The van der Waals surface area contributed by atoms with Crippen LogP contribution in [0.3, 0.4) is 0 Å². The Bertz CT molecular complexity index is 732. The second-order valence-electron chi connectivity index (χ2n) is 5.50. The highest BCUT2D eigenvalue weighted by Crippen LogP contribution is 2.19. The van der Waals surface area contributed by atoms with Crippen molar-refractivity contribution in [2.24, 2.45) is 0 Å². The normalized spacial score (nSPS) is 11.5. The van der Waals surface area contributed by atoms with Crippen LogP contribution in [-0.2, 0) is 4.79 Å². The van der Waals surface area contributed by atoms with E-state index in [1.165, 1.54) is 0 Å². The number of benzene rings is 2. The van der Waals surface area contributed by atoms with Crippen molar-refractivity contribution in [1.82, 2.24) is 5.32 Å². The first-order valence-electron chi connectivity index (χ1n) is 8.11. The number of para-hydroxylation sites is 1. The molecule has 0 radical (unpaired) electrons. The summed E-state index contributed by atoms with van der Waals surface area (Å²) >= 11 is 5.83. The molecule has 2 aromatic rings. The van der Waals surface area contributed by atoms with E-state index in [1.54, 1.807) is 55.5 Å². The van der Waals surface area contributed by atoms with Crippen LogP contribution in [0.15, 0.2) is 48.5 Å². The number of halogens is 1. The van der Waals surface area contributed by atoms with E-state index in [4.69, 9.17) is 16.3 Å². The Morgan fingerprint density at radius 3 is 2.48 bits per heavy atom. The molecule has 25 heavy (non-hydrogen) atoms. The van der Waals surface area contributed by atoms with E-state index in [0.29, 0.717) is 28.6 Å². The summed E-state index contributed by atoms with van der Waals surface area (Å²) < 4.78 is 5.60. The Kier molecular flexibility index (Phi) is 6.83. The van der Waals surface area contributed by atoms with E-state index in [2.05, 4.69) is 10.6 Å². The van der Waals surface area contributed by atoms with E-state index < -0.39 is 6.10 Å². The second kappa shape index (κ2) is 9.08. The zero-order valence-corrected chi connectivity index (χ0v) is 15.0. The molecule has 0 aromatic heterocycles. The van der Waals surface area contributed by atoms with Gasteiger partial charge in [0.2, 0.25) is 0 Å². The molecule has 6 heteroatoms. The molecule has 2 aromatic carbocycles. The molecule has 1 atom stereocenters. The number of hydrogen-bond donors (Lipinski definition) is 2. The lowest BCUT2D eigenvalue weighted by molar-refractivity contribution is -0.122. The fourth-order valence-electron chi connectivity index (χ4n) is 2.13. The topological polar surface area (TPSA) is 67.4 Å². The van der Waals surface area contributed by atoms with Crippen LogP contribution in [0.1, 0.15) is 30.6 Å². The highest BCUT2D eigenvalue weighted by molar-refractivity contribution is 6.30. The average molecular weight is 361 g/mol. The Morgan fingerprint density at radius 2 is 1.80 bits per heavy atom. The van der Waals surface area contributed by atoms with Crippen molar-refractivity contribution in [2.75, 3.05) is 11.9 Å². The van der Waals surface area contributed by atoms with Gasteiger partial charge in [-0.05, 0) is 49.7 Å². The molecule has 0 spiro atoms. The van der Waals surface area contributed by atoms with Crippen molar-refractivity contribution in [3.63, 3.8) is 0 Å². The quantitative estimate of drug-likeness (QED) is 0.787. The van der Waals surface area contributed by atoms with Gasteiger partial charge in [-0.3, -0.25) is 9.59 Å². The lowest BCUT2D eigenvalue weighted by atomic mass is 10.1. The Labute approximate surface area is 152 Å². The molecule has 2 rings (SSSR count). The fourth-order valence-corrected chi connectivity index (χ4v) is 2.26. The summed E-state index contributed by atoms with van der Waals surface area (Å²) in [5.41, 5.74) is 0.871. The smallest absolute Gasteiger partial charge is 0.265 e. The number of carbonyl (C=O) groups is 2. The Hall–Kier alpha value is -2.53. The molecular weight excluding hydrogens is 340 g/mol. The third-order valence-corrected chi connectivity index (χ3v) is 3.71. The van der Waals surface area contributed by atoms with Crippen molar-refractivity contribution >= 4 is 29.1 Å². The van der Waals surface area contributed by atoms with Gasteiger partial charge >= 0.3 is 0 Å². The van der Waals surface area contributed by atoms with Gasteiger partial charge in [0.15, 0.2) is 6.10 Å². The van der Waals surface area contributed by atoms with Gasteiger partial charge in [-0.25, -0.2) is 0 Å². The minimum atomic E-state index is -0.729. The summed E-state index contributed by atoms with van der Waals surface area (Å²) in [5, 5.41) is 6.15. The molecule has 132 valence electrons. The summed E-state index contributed by atoms with van der Waals surface area (Å²) in [6.07, 6.45) is 0.111. The van der Waals surface area contributed by atoms with E-state index in [0.717, 1.165) is 6.42 Å². The summed E-state index contributed by atoms with van der Waals surface area (Å²) in [5.74, 6) is -0.0178. The maximum absolute atomic E-state index is 12.4. The number of anilines is 1. The highest BCUT2D eigenvalue weighted by Gasteiger charge is 2.18. The Morgan fingerprint density at radius 1 is 1.12 bits per heavy atom. The van der Waals surface area contributed by atoms with Gasteiger partial charge in [0.05, 0.1) is 11.3 Å². The zero-order chi connectivity index (χ0) is 18.2. The van der Waals surface area contributed by atoms with Crippen molar-refractivity contribution in [3.8, 4) is 5.75 Å². The van der Waals surface area contributed by atoms with Gasteiger partial charge in [0.25, 0.3) is 11.8 Å².